The molecule has 0 amide bonds. The number of hydrogen-bond donors (Lipinski definition) is 1. The molecule has 0 saturated carbocycles. The minimum Gasteiger partial charge on any atom is -0.277 e. The van der Waals surface area contributed by atoms with Gasteiger partial charge in [-0.15, -0.1) is 0 Å². The van der Waals surface area contributed by atoms with Crippen LogP contribution in [-0.4, -0.2) is 18.2 Å². The van der Waals surface area contributed by atoms with Crippen LogP contribution in [0.5, 0.6) is 0 Å². The van der Waals surface area contributed by atoms with Gasteiger partial charge in [-0.3, -0.25) is 4.72 Å². The van der Waals surface area contributed by atoms with Gasteiger partial charge in [-0.25, -0.2) is 13.1 Å². The topological polar surface area (TPSA) is 64.0 Å². The van der Waals surface area contributed by atoms with E-state index in [4.69, 9.17) is 11.6 Å². The van der Waals surface area contributed by atoms with Crippen molar-refractivity contribution < 1.29 is 8.42 Å². The lowest BCUT2D eigenvalue weighted by Crippen LogP contribution is -2.15. The highest BCUT2D eigenvalue weighted by atomic mass is 35.5. The Hall–Kier alpha value is -2.31. The van der Waals surface area contributed by atoms with E-state index in [0.717, 1.165) is 11.1 Å². The molecule has 0 unspecified atom stereocenters. The molecule has 0 saturated heterocycles. The summed E-state index contributed by atoms with van der Waals surface area (Å²) in [4.78, 5) is 0.190. The van der Waals surface area contributed by atoms with Gasteiger partial charge in [0, 0.05) is 6.20 Å². The van der Waals surface area contributed by atoms with E-state index in [1.807, 2.05) is 13.8 Å². The molecule has 0 bridgehead atoms. The number of halogens is 1. The minimum atomic E-state index is -3.72. The van der Waals surface area contributed by atoms with E-state index in [2.05, 4.69) is 9.82 Å². The number of aryl methyl sites for hydroxylation is 2. The average Bonchev–Trinajstić information content (AvgIpc) is 2.93. The molecule has 2 aromatic carbocycles. The van der Waals surface area contributed by atoms with Crippen LogP contribution in [0.15, 0.2) is 59.8 Å². The molecule has 7 heteroatoms. The van der Waals surface area contributed by atoms with Crippen LogP contribution in [0, 0.1) is 13.8 Å². The molecule has 0 fully saturated rings. The fourth-order valence-electron chi connectivity index (χ4n) is 2.29. The van der Waals surface area contributed by atoms with Gasteiger partial charge < -0.3 is 0 Å². The van der Waals surface area contributed by atoms with Crippen molar-refractivity contribution in [2.75, 3.05) is 4.72 Å². The first-order chi connectivity index (χ1) is 11.4. The predicted molar refractivity (Wildman–Crippen MR) is 95.3 cm³/mol. The quantitative estimate of drug-likeness (QED) is 0.765. The maximum Gasteiger partial charge on any atom is 0.261 e. The molecule has 24 heavy (non-hydrogen) atoms. The number of benzene rings is 2. The van der Waals surface area contributed by atoms with Gasteiger partial charge in [0.1, 0.15) is 5.69 Å². The molecular weight excluding hydrogens is 346 g/mol. The van der Waals surface area contributed by atoms with E-state index in [1.165, 1.54) is 0 Å². The van der Waals surface area contributed by atoms with E-state index in [-0.39, 0.29) is 4.90 Å². The Morgan fingerprint density at radius 2 is 1.75 bits per heavy atom. The van der Waals surface area contributed by atoms with Gasteiger partial charge in [0.25, 0.3) is 10.0 Å². The fourth-order valence-corrected chi connectivity index (χ4v) is 3.61. The van der Waals surface area contributed by atoms with Gasteiger partial charge in [0.05, 0.1) is 21.8 Å². The first-order valence-corrected chi connectivity index (χ1v) is 9.12. The van der Waals surface area contributed by atoms with Gasteiger partial charge >= 0.3 is 0 Å². The van der Waals surface area contributed by atoms with Gasteiger partial charge in [0.15, 0.2) is 0 Å². The number of aromatic nitrogens is 2. The van der Waals surface area contributed by atoms with E-state index in [1.54, 1.807) is 59.5 Å². The van der Waals surface area contributed by atoms with Gasteiger partial charge in [0.2, 0.25) is 0 Å². The molecule has 0 aliphatic carbocycles. The van der Waals surface area contributed by atoms with Crippen LogP contribution in [0.25, 0.3) is 5.69 Å². The third kappa shape index (κ3) is 3.29. The molecule has 5 nitrogen and oxygen atoms in total. The van der Waals surface area contributed by atoms with Crippen LogP contribution < -0.4 is 4.72 Å². The Labute approximate surface area is 145 Å². The summed E-state index contributed by atoms with van der Waals surface area (Å²) in [6, 6.07) is 11.7. The summed E-state index contributed by atoms with van der Waals surface area (Å²) in [6.07, 6.45) is 3.46. The van der Waals surface area contributed by atoms with E-state index in [9.17, 15) is 8.42 Å². The van der Waals surface area contributed by atoms with Crippen LogP contribution in [0.3, 0.4) is 0 Å². The predicted octanol–water partition coefficient (Wildman–Crippen LogP) is 3.94. The highest BCUT2D eigenvalue weighted by Gasteiger charge is 2.18. The lowest BCUT2D eigenvalue weighted by atomic mass is 10.2. The lowest BCUT2D eigenvalue weighted by molar-refractivity contribution is 0.601. The SMILES string of the molecule is Cc1ccc(S(=O)(=O)Nc2cccc(Cl)c2-n2cc(C)cn2)cc1. The Bertz CT molecular complexity index is 979. The van der Waals surface area contributed by atoms with Crippen molar-refractivity contribution in [1.29, 1.82) is 0 Å². The Morgan fingerprint density at radius 3 is 2.38 bits per heavy atom. The second-order valence-corrected chi connectivity index (χ2v) is 7.61. The number of para-hydroxylation sites is 1. The van der Waals surface area contributed by atoms with Crippen LogP contribution >= 0.6 is 11.6 Å². The Balaban J connectivity index is 2.04. The van der Waals surface area contributed by atoms with Crippen molar-refractivity contribution in [2.45, 2.75) is 18.7 Å². The average molecular weight is 362 g/mol. The van der Waals surface area contributed by atoms with Crippen molar-refractivity contribution >= 4 is 27.3 Å². The fraction of sp³-hybridized carbons (Fsp3) is 0.118. The molecular formula is C17H16ClN3O2S. The summed E-state index contributed by atoms with van der Waals surface area (Å²) in [5.74, 6) is 0. The second kappa shape index (κ2) is 6.30. The van der Waals surface area contributed by atoms with Crippen LogP contribution in [0.1, 0.15) is 11.1 Å². The van der Waals surface area contributed by atoms with Gasteiger partial charge in [-0.2, -0.15) is 5.10 Å². The number of rotatable bonds is 4. The third-order valence-corrected chi connectivity index (χ3v) is 5.19. The summed E-state index contributed by atoms with van der Waals surface area (Å²) in [6.45, 7) is 3.80. The molecule has 1 aromatic heterocycles. The summed E-state index contributed by atoms with van der Waals surface area (Å²) >= 11 is 6.27. The van der Waals surface area contributed by atoms with E-state index in [0.29, 0.717) is 16.4 Å². The number of anilines is 1. The molecule has 1 N–H and O–H groups in total. The largest absolute Gasteiger partial charge is 0.277 e. The van der Waals surface area contributed by atoms with Crippen molar-refractivity contribution in [2.24, 2.45) is 0 Å². The van der Waals surface area contributed by atoms with Crippen molar-refractivity contribution in [3.63, 3.8) is 0 Å². The lowest BCUT2D eigenvalue weighted by Gasteiger charge is -2.14. The van der Waals surface area contributed by atoms with Gasteiger partial charge in [-0.05, 0) is 43.7 Å². The smallest absolute Gasteiger partial charge is 0.261 e. The molecule has 0 spiro atoms. The molecule has 0 radical (unpaired) electrons. The van der Waals surface area contributed by atoms with E-state index >= 15 is 0 Å². The monoisotopic (exact) mass is 361 g/mol. The number of nitrogens with one attached hydrogen (secondary N) is 1. The number of sulfonamides is 1. The summed E-state index contributed by atoms with van der Waals surface area (Å²) < 4.78 is 29.4. The summed E-state index contributed by atoms with van der Waals surface area (Å²) in [5, 5.41) is 4.62. The molecule has 124 valence electrons. The molecule has 3 rings (SSSR count). The first kappa shape index (κ1) is 16.5. The van der Waals surface area contributed by atoms with Crippen LogP contribution in [0.4, 0.5) is 5.69 Å². The molecule has 0 aliphatic heterocycles. The first-order valence-electron chi connectivity index (χ1n) is 7.26. The summed E-state index contributed by atoms with van der Waals surface area (Å²) in [5.41, 5.74) is 2.79. The van der Waals surface area contributed by atoms with Gasteiger partial charge in [-0.1, -0.05) is 35.4 Å². The minimum absolute atomic E-state index is 0.190. The Kier molecular flexibility index (Phi) is 4.34. The standard InChI is InChI=1S/C17H16ClN3O2S/c1-12-6-8-14(9-7-12)24(22,23)20-16-5-3-4-15(18)17(16)21-11-13(2)10-19-21/h3-11,20H,1-2H3. The zero-order valence-electron chi connectivity index (χ0n) is 13.2. The highest BCUT2D eigenvalue weighted by Crippen LogP contribution is 2.30. The van der Waals surface area contributed by atoms with Crippen LogP contribution in [-0.2, 0) is 10.0 Å². The van der Waals surface area contributed by atoms with Crippen molar-refractivity contribution in [3.05, 3.63) is 71.0 Å². The summed E-state index contributed by atoms with van der Waals surface area (Å²) in [7, 11) is -3.72. The molecule has 0 atom stereocenters. The Morgan fingerprint density at radius 1 is 1.04 bits per heavy atom. The highest BCUT2D eigenvalue weighted by molar-refractivity contribution is 7.92. The van der Waals surface area contributed by atoms with Crippen molar-refractivity contribution in [1.82, 2.24) is 9.78 Å². The van der Waals surface area contributed by atoms with Crippen molar-refractivity contribution in [3.8, 4) is 5.69 Å². The molecule has 0 aliphatic rings. The number of nitrogens with zero attached hydrogens (tertiary/aromatic N) is 2. The normalized spacial score (nSPS) is 11.5. The molecule has 3 aromatic rings. The zero-order chi connectivity index (χ0) is 17.3. The second-order valence-electron chi connectivity index (χ2n) is 5.52. The molecule has 1 heterocycles. The maximum absolute atomic E-state index is 12.6. The number of hydrogen-bond acceptors (Lipinski definition) is 3. The maximum atomic E-state index is 12.6. The van der Waals surface area contributed by atoms with Crippen LogP contribution in [0.2, 0.25) is 5.02 Å². The zero-order valence-corrected chi connectivity index (χ0v) is 14.8. The third-order valence-electron chi connectivity index (χ3n) is 3.50. The van der Waals surface area contributed by atoms with E-state index < -0.39 is 10.0 Å².